The van der Waals surface area contributed by atoms with Crippen molar-refractivity contribution < 1.29 is 19.5 Å². The van der Waals surface area contributed by atoms with Crippen LogP contribution in [0.15, 0.2) is 23.4 Å². The van der Waals surface area contributed by atoms with Crippen LogP contribution < -0.4 is 20.5 Å². The Morgan fingerprint density at radius 2 is 1.81 bits per heavy atom. The van der Waals surface area contributed by atoms with E-state index >= 15 is 0 Å². The van der Waals surface area contributed by atoms with E-state index in [-0.39, 0.29) is 17.3 Å². The first-order valence-electron chi connectivity index (χ1n) is 6.45. The molecule has 7 nitrogen and oxygen atoms in total. The monoisotopic (exact) mass is 295 g/mol. The van der Waals surface area contributed by atoms with Crippen LogP contribution in [0.4, 0.5) is 0 Å². The van der Waals surface area contributed by atoms with Crippen molar-refractivity contribution >= 4 is 11.7 Å². The first-order chi connectivity index (χ1) is 9.96. The van der Waals surface area contributed by atoms with Gasteiger partial charge in [0, 0.05) is 0 Å². The van der Waals surface area contributed by atoms with Gasteiger partial charge in [0.25, 0.3) is 5.91 Å². The van der Waals surface area contributed by atoms with E-state index in [0.717, 1.165) is 0 Å². The minimum atomic E-state index is -0.600. The van der Waals surface area contributed by atoms with E-state index in [9.17, 15) is 4.79 Å². The average Bonchev–Trinajstić information content (AvgIpc) is 2.50. The second-order valence-electron chi connectivity index (χ2n) is 4.76. The molecule has 21 heavy (non-hydrogen) atoms. The molecule has 0 spiro atoms. The average molecular weight is 295 g/mol. The van der Waals surface area contributed by atoms with Gasteiger partial charge in [0.2, 0.25) is 0 Å². The number of amidine groups is 1. The molecule has 0 saturated heterocycles. The maximum atomic E-state index is 12.5. The molecule has 1 aromatic carbocycles. The van der Waals surface area contributed by atoms with Crippen LogP contribution in [0.5, 0.6) is 11.5 Å². The second-order valence-corrected chi connectivity index (χ2v) is 4.76. The standard InChI is InChI=1S/C14H21N3O4/c1-8(2)12(13(15)17-19)16-14(18)11-9(20-3)6-5-7-10(11)21-4/h5-8,12,19H,1-4H3,(H2,15,17)(H,16,18). The number of carbonyl (C=O) groups is 1. The van der Waals surface area contributed by atoms with E-state index in [4.69, 9.17) is 20.4 Å². The van der Waals surface area contributed by atoms with E-state index in [1.807, 2.05) is 13.8 Å². The highest BCUT2D eigenvalue weighted by atomic mass is 16.5. The third-order valence-electron chi connectivity index (χ3n) is 3.04. The SMILES string of the molecule is COc1cccc(OC)c1C(=O)NC(C(N)=NO)C(C)C. The van der Waals surface area contributed by atoms with Crippen LogP contribution >= 0.6 is 0 Å². The topological polar surface area (TPSA) is 106 Å². The van der Waals surface area contributed by atoms with Crippen molar-refractivity contribution in [1.29, 1.82) is 0 Å². The number of rotatable bonds is 6. The highest BCUT2D eigenvalue weighted by molar-refractivity contribution is 6.02. The molecule has 0 fully saturated rings. The zero-order valence-electron chi connectivity index (χ0n) is 12.6. The van der Waals surface area contributed by atoms with Crippen LogP contribution in [0, 0.1) is 5.92 Å². The number of nitrogens with one attached hydrogen (secondary N) is 1. The van der Waals surface area contributed by atoms with Crippen molar-refractivity contribution in [2.75, 3.05) is 14.2 Å². The largest absolute Gasteiger partial charge is 0.496 e. The van der Waals surface area contributed by atoms with Crippen molar-refractivity contribution in [3.05, 3.63) is 23.8 Å². The molecule has 0 radical (unpaired) electrons. The molecule has 7 heteroatoms. The number of oxime groups is 1. The number of carbonyl (C=O) groups excluding carboxylic acids is 1. The van der Waals surface area contributed by atoms with Crippen molar-refractivity contribution in [2.45, 2.75) is 19.9 Å². The van der Waals surface area contributed by atoms with E-state index in [1.54, 1.807) is 18.2 Å². The molecule has 1 amide bonds. The first-order valence-corrected chi connectivity index (χ1v) is 6.45. The molecule has 1 atom stereocenters. The fraction of sp³-hybridized carbons (Fsp3) is 0.429. The maximum Gasteiger partial charge on any atom is 0.259 e. The summed E-state index contributed by atoms with van der Waals surface area (Å²) in [6.07, 6.45) is 0. The lowest BCUT2D eigenvalue weighted by molar-refractivity contribution is 0.0932. The van der Waals surface area contributed by atoms with Crippen LogP contribution in [0.25, 0.3) is 0 Å². The van der Waals surface area contributed by atoms with E-state index in [0.29, 0.717) is 11.5 Å². The summed E-state index contributed by atoms with van der Waals surface area (Å²) in [5, 5.41) is 14.5. The van der Waals surface area contributed by atoms with Gasteiger partial charge in [-0.1, -0.05) is 25.1 Å². The Bertz CT molecular complexity index is 507. The van der Waals surface area contributed by atoms with Crippen molar-refractivity contribution in [3.63, 3.8) is 0 Å². The molecule has 0 aromatic heterocycles. The number of amides is 1. The van der Waals surface area contributed by atoms with Gasteiger partial charge in [0.05, 0.1) is 20.3 Å². The lowest BCUT2D eigenvalue weighted by atomic mass is 10.0. The molecule has 0 aliphatic carbocycles. The zero-order valence-corrected chi connectivity index (χ0v) is 12.6. The highest BCUT2D eigenvalue weighted by Gasteiger charge is 2.25. The predicted molar refractivity (Wildman–Crippen MR) is 79.0 cm³/mol. The van der Waals surface area contributed by atoms with Crippen LogP contribution in [0.2, 0.25) is 0 Å². The van der Waals surface area contributed by atoms with Gasteiger partial charge in [-0.05, 0) is 18.1 Å². The summed E-state index contributed by atoms with van der Waals surface area (Å²) in [6.45, 7) is 3.70. The molecule has 1 rings (SSSR count). The Morgan fingerprint density at radius 3 is 2.19 bits per heavy atom. The van der Waals surface area contributed by atoms with Crippen LogP contribution in [-0.4, -0.2) is 37.2 Å². The highest BCUT2D eigenvalue weighted by Crippen LogP contribution is 2.28. The minimum Gasteiger partial charge on any atom is -0.496 e. The number of nitrogens with two attached hydrogens (primary N) is 1. The van der Waals surface area contributed by atoms with Gasteiger partial charge in [0.1, 0.15) is 17.1 Å². The summed E-state index contributed by atoms with van der Waals surface area (Å²) in [6, 6.07) is 4.44. The Morgan fingerprint density at radius 1 is 1.29 bits per heavy atom. The van der Waals surface area contributed by atoms with Gasteiger partial charge < -0.3 is 25.7 Å². The van der Waals surface area contributed by atoms with Crippen molar-refractivity contribution in [3.8, 4) is 11.5 Å². The number of ether oxygens (including phenoxy) is 2. The second kappa shape index (κ2) is 7.37. The maximum absolute atomic E-state index is 12.5. The molecule has 0 aliphatic heterocycles. The minimum absolute atomic E-state index is 0.0504. The fourth-order valence-corrected chi connectivity index (χ4v) is 1.93. The zero-order chi connectivity index (χ0) is 16.0. The molecule has 116 valence electrons. The first kappa shape index (κ1) is 16.6. The number of hydrogen-bond acceptors (Lipinski definition) is 5. The van der Waals surface area contributed by atoms with Crippen LogP contribution in [-0.2, 0) is 0 Å². The van der Waals surface area contributed by atoms with Gasteiger partial charge in [-0.3, -0.25) is 4.79 Å². The van der Waals surface area contributed by atoms with Crippen molar-refractivity contribution in [1.82, 2.24) is 5.32 Å². The van der Waals surface area contributed by atoms with Crippen LogP contribution in [0.1, 0.15) is 24.2 Å². The van der Waals surface area contributed by atoms with E-state index in [2.05, 4.69) is 10.5 Å². The Kier molecular flexibility index (Phi) is 5.83. The molecule has 0 bridgehead atoms. The number of benzene rings is 1. The lowest BCUT2D eigenvalue weighted by Gasteiger charge is -2.22. The van der Waals surface area contributed by atoms with Crippen molar-refractivity contribution in [2.24, 2.45) is 16.8 Å². The predicted octanol–water partition coefficient (Wildman–Crippen LogP) is 1.20. The number of nitrogens with zero attached hydrogens (tertiary/aromatic N) is 1. The van der Waals surface area contributed by atoms with Gasteiger partial charge in [-0.25, -0.2) is 0 Å². The van der Waals surface area contributed by atoms with Gasteiger partial charge in [0.15, 0.2) is 5.84 Å². The Balaban J connectivity index is 3.14. The molecule has 4 N–H and O–H groups in total. The number of hydrogen-bond donors (Lipinski definition) is 3. The summed E-state index contributed by atoms with van der Waals surface area (Å²) < 4.78 is 10.4. The summed E-state index contributed by atoms with van der Waals surface area (Å²) in [5.41, 5.74) is 5.87. The smallest absolute Gasteiger partial charge is 0.259 e. The van der Waals surface area contributed by atoms with E-state index < -0.39 is 11.9 Å². The van der Waals surface area contributed by atoms with Crippen LogP contribution in [0.3, 0.4) is 0 Å². The third kappa shape index (κ3) is 3.77. The lowest BCUT2D eigenvalue weighted by Crippen LogP contribution is -2.48. The molecule has 1 aromatic rings. The fourth-order valence-electron chi connectivity index (χ4n) is 1.93. The summed E-state index contributed by atoms with van der Waals surface area (Å²) in [4.78, 5) is 12.5. The quantitative estimate of drug-likeness (QED) is 0.316. The molecular weight excluding hydrogens is 274 g/mol. The molecular formula is C14H21N3O4. The van der Waals surface area contributed by atoms with E-state index in [1.165, 1.54) is 14.2 Å². The third-order valence-corrected chi connectivity index (χ3v) is 3.04. The van der Waals surface area contributed by atoms with Gasteiger partial charge in [-0.2, -0.15) is 0 Å². The molecule has 0 saturated carbocycles. The number of methoxy groups -OCH3 is 2. The van der Waals surface area contributed by atoms with Gasteiger partial charge in [-0.15, -0.1) is 0 Å². The summed E-state index contributed by atoms with van der Waals surface area (Å²) in [5.74, 6) is 0.232. The summed E-state index contributed by atoms with van der Waals surface area (Å²) in [7, 11) is 2.93. The Hall–Kier alpha value is -2.44. The Labute approximate surface area is 123 Å². The molecule has 0 heterocycles. The normalized spacial score (nSPS) is 12.9. The molecule has 1 unspecified atom stereocenters. The summed E-state index contributed by atoms with van der Waals surface area (Å²) >= 11 is 0. The van der Waals surface area contributed by atoms with Gasteiger partial charge >= 0.3 is 0 Å². The molecule has 0 aliphatic rings.